The van der Waals surface area contributed by atoms with Gasteiger partial charge in [-0.1, -0.05) is 6.92 Å². The zero-order valence-electron chi connectivity index (χ0n) is 10.6. The molecule has 1 aliphatic heterocycles. The normalized spacial score (nSPS) is 20.2. The van der Waals surface area contributed by atoms with Crippen molar-refractivity contribution in [1.82, 2.24) is 15.5 Å². The Balaban J connectivity index is 1.69. The van der Waals surface area contributed by atoms with Crippen LogP contribution in [-0.4, -0.2) is 29.8 Å². The van der Waals surface area contributed by atoms with Crippen LogP contribution in [0.15, 0.2) is 12.1 Å². The van der Waals surface area contributed by atoms with E-state index in [2.05, 4.69) is 27.8 Å². The Morgan fingerprint density at radius 2 is 2.35 bits per heavy atom. The summed E-state index contributed by atoms with van der Waals surface area (Å²) in [5.41, 5.74) is 1.05. The molecular weight excluding hydrogens is 212 g/mol. The summed E-state index contributed by atoms with van der Waals surface area (Å²) in [5, 5.41) is 15.1. The highest BCUT2D eigenvalue weighted by molar-refractivity contribution is 5.32. The third-order valence-corrected chi connectivity index (χ3v) is 3.34. The Hall–Kier alpha value is -1.16. The Morgan fingerprint density at radius 1 is 1.41 bits per heavy atom. The predicted molar refractivity (Wildman–Crippen MR) is 70.1 cm³/mol. The third kappa shape index (κ3) is 3.97. The molecular formula is C13H22N4. The molecule has 1 unspecified atom stereocenters. The number of aromatic nitrogens is 2. The quantitative estimate of drug-likeness (QED) is 0.816. The highest BCUT2D eigenvalue weighted by atomic mass is 15.2. The van der Waals surface area contributed by atoms with Gasteiger partial charge in [-0.05, 0) is 56.8 Å². The highest BCUT2D eigenvalue weighted by Crippen LogP contribution is 2.14. The number of hydrogen-bond donors (Lipinski definition) is 2. The lowest BCUT2D eigenvalue weighted by Crippen LogP contribution is -2.30. The molecule has 1 aromatic rings. The van der Waals surface area contributed by atoms with E-state index in [1.807, 2.05) is 12.1 Å². The van der Waals surface area contributed by atoms with Crippen LogP contribution in [0, 0.1) is 5.92 Å². The van der Waals surface area contributed by atoms with E-state index in [1.54, 1.807) is 0 Å². The van der Waals surface area contributed by atoms with Crippen LogP contribution < -0.4 is 10.6 Å². The van der Waals surface area contributed by atoms with Crippen LogP contribution in [0.4, 0.5) is 5.82 Å². The fourth-order valence-electron chi connectivity index (χ4n) is 2.22. The average molecular weight is 234 g/mol. The highest BCUT2D eigenvalue weighted by Gasteiger charge is 2.11. The first-order chi connectivity index (χ1) is 8.38. The molecule has 94 valence electrons. The first kappa shape index (κ1) is 12.3. The molecule has 2 N–H and O–H groups in total. The maximum Gasteiger partial charge on any atom is 0.148 e. The molecule has 2 rings (SSSR count). The smallest absolute Gasteiger partial charge is 0.148 e. The Morgan fingerprint density at radius 3 is 3.00 bits per heavy atom. The van der Waals surface area contributed by atoms with E-state index in [1.165, 1.54) is 32.4 Å². The summed E-state index contributed by atoms with van der Waals surface area (Å²) in [5.74, 6) is 1.71. The van der Waals surface area contributed by atoms with Gasteiger partial charge in [0.15, 0.2) is 0 Å². The molecule has 0 bridgehead atoms. The van der Waals surface area contributed by atoms with E-state index in [-0.39, 0.29) is 0 Å². The SMILES string of the molecule is CCc1ccc(NCCC2CCCNC2)nn1. The summed E-state index contributed by atoms with van der Waals surface area (Å²) in [7, 11) is 0. The van der Waals surface area contributed by atoms with E-state index in [9.17, 15) is 0 Å². The van der Waals surface area contributed by atoms with Gasteiger partial charge in [-0.15, -0.1) is 5.10 Å². The Bertz CT molecular complexity index is 317. The fraction of sp³-hybridized carbons (Fsp3) is 0.692. The van der Waals surface area contributed by atoms with Gasteiger partial charge in [-0.25, -0.2) is 0 Å². The van der Waals surface area contributed by atoms with E-state index in [0.29, 0.717) is 0 Å². The Labute approximate surface area is 103 Å². The van der Waals surface area contributed by atoms with Crippen molar-refractivity contribution in [3.8, 4) is 0 Å². The van der Waals surface area contributed by atoms with Crippen LogP contribution in [-0.2, 0) is 6.42 Å². The molecule has 0 saturated carbocycles. The summed E-state index contributed by atoms with van der Waals surface area (Å²) in [6.45, 7) is 5.44. The zero-order chi connectivity index (χ0) is 11.9. The van der Waals surface area contributed by atoms with Gasteiger partial charge in [0.25, 0.3) is 0 Å². The summed E-state index contributed by atoms with van der Waals surface area (Å²) in [6, 6.07) is 4.06. The second kappa shape index (κ2) is 6.55. The van der Waals surface area contributed by atoms with Gasteiger partial charge in [0.1, 0.15) is 5.82 Å². The Kier molecular flexibility index (Phi) is 4.74. The number of rotatable bonds is 5. The van der Waals surface area contributed by atoms with Crippen LogP contribution in [0.1, 0.15) is 31.9 Å². The van der Waals surface area contributed by atoms with E-state index < -0.39 is 0 Å². The van der Waals surface area contributed by atoms with Crippen molar-refractivity contribution < 1.29 is 0 Å². The molecule has 4 nitrogen and oxygen atoms in total. The van der Waals surface area contributed by atoms with Crippen LogP contribution in [0.3, 0.4) is 0 Å². The van der Waals surface area contributed by atoms with Crippen LogP contribution in [0.2, 0.25) is 0 Å². The minimum Gasteiger partial charge on any atom is -0.369 e. The summed E-state index contributed by atoms with van der Waals surface area (Å²) in [4.78, 5) is 0. The number of anilines is 1. The molecule has 17 heavy (non-hydrogen) atoms. The van der Waals surface area contributed by atoms with Crippen molar-refractivity contribution in [3.05, 3.63) is 17.8 Å². The van der Waals surface area contributed by atoms with Gasteiger partial charge in [-0.3, -0.25) is 0 Å². The molecule has 1 atom stereocenters. The van der Waals surface area contributed by atoms with Crippen molar-refractivity contribution in [2.45, 2.75) is 32.6 Å². The summed E-state index contributed by atoms with van der Waals surface area (Å²) in [6.07, 6.45) is 4.83. The molecule has 2 heterocycles. The standard InChI is InChI=1S/C13H22N4/c1-2-12-5-6-13(17-16-12)15-9-7-11-4-3-8-14-10-11/h5-6,11,14H,2-4,7-10H2,1H3,(H,15,17). The lowest BCUT2D eigenvalue weighted by Gasteiger charge is -2.22. The maximum absolute atomic E-state index is 4.16. The maximum atomic E-state index is 4.16. The van der Waals surface area contributed by atoms with Crippen LogP contribution in [0.25, 0.3) is 0 Å². The van der Waals surface area contributed by atoms with Crippen molar-refractivity contribution in [2.75, 3.05) is 25.0 Å². The minimum atomic E-state index is 0.819. The van der Waals surface area contributed by atoms with Crippen molar-refractivity contribution >= 4 is 5.82 Å². The first-order valence-corrected chi connectivity index (χ1v) is 6.65. The molecule has 0 amide bonds. The van der Waals surface area contributed by atoms with Crippen molar-refractivity contribution in [2.24, 2.45) is 5.92 Å². The number of nitrogens with one attached hydrogen (secondary N) is 2. The van der Waals surface area contributed by atoms with Crippen molar-refractivity contribution in [3.63, 3.8) is 0 Å². The molecule has 1 aliphatic rings. The lowest BCUT2D eigenvalue weighted by atomic mass is 9.96. The molecule has 0 aromatic carbocycles. The largest absolute Gasteiger partial charge is 0.369 e. The molecule has 0 spiro atoms. The van der Waals surface area contributed by atoms with E-state index in [0.717, 1.165) is 30.4 Å². The predicted octanol–water partition coefficient (Wildman–Crippen LogP) is 1.84. The summed E-state index contributed by atoms with van der Waals surface area (Å²) >= 11 is 0. The zero-order valence-corrected chi connectivity index (χ0v) is 10.6. The molecule has 1 aromatic heterocycles. The van der Waals surface area contributed by atoms with Gasteiger partial charge in [0, 0.05) is 6.54 Å². The molecule has 4 heteroatoms. The first-order valence-electron chi connectivity index (χ1n) is 6.65. The monoisotopic (exact) mass is 234 g/mol. The topological polar surface area (TPSA) is 49.8 Å². The van der Waals surface area contributed by atoms with E-state index >= 15 is 0 Å². The second-order valence-corrected chi connectivity index (χ2v) is 4.69. The number of aryl methyl sites for hydroxylation is 1. The van der Waals surface area contributed by atoms with Gasteiger partial charge in [0.05, 0.1) is 5.69 Å². The number of hydrogen-bond acceptors (Lipinski definition) is 4. The second-order valence-electron chi connectivity index (χ2n) is 4.69. The number of piperidine rings is 1. The molecule has 0 aliphatic carbocycles. The summed E-state index contributed by atoms with van der Waals surface area (Å²) < 4.78 is 0. The van der Waals surface area contributed by atoms with Crippen LogP contribution >= 0.6 is 0 Å². The van der Waals surface area contributed by atoms with Gasteiger partial charge >= 0.3 is 0 Å². The van der Waals surface area contributed by atoms with Crippen molar-refractivity contribution in [1.29, 1.82) is 0 Å². The van der Waals surface area contributed by atoms with Gasteiger partial charge in [-0.2, -0.15) is 5.10 Å². The van der Waals surface area contributed by atoms with Crippen LogP contribution in [0.5, 0.6) is 0 Å². The fourth-order valence-corrected chi connectivity index (χ4v) is 2.22. The van der Waals surface area contributed by atoms with Gasteiger partial charge < -0.3 is 10.6 Å². The molecule has 1 fully saturated rings. The molecule has 0 radical (unpaired) electrons. The minimum absolute atomic E-state index is 0.819. The number of nitrogens with zero attached hydrogens (tertiary/aromatic N) is 2. The molecule has 1 saturated heterocycles. The van der Waals surface area contributed by atoms with Gasteiger partial charge in [0.2, 0.25) is 0 Å². The average Bonchev–Trinajstić information content (AvgIpc) is 2.41. The lowest BCUT2D eigenvalue weighted by molar-refractivity contribution is 0.364. The third-order valence-electron chi connectivity index (χ3n) is 3.34. The van der Waals surface area contributed by atoms with E-state index in [4.69, 9.17) is 0 Å².